The topological polar surface area (TPSA) is 167 Å². The molecule has 1 aliphatic carbocycles. The number of carbonyl (C=O) groups is 3. The summed E-state index contributed by atoms with van der Waals surface area (Å²) in [6.45, 7) is 34.9. The number of Topliss-reactive ketones (excluding diaryl/α,β-unsaturated/α-hetero) is 1. The van der Waals surface area contributed by atoms with Crippen molar-refractivity contribution in [3.05, 3.63) is 48.6 Å². The van der Waals surface area contributed by atoms with Crippen LogP contribution in [0, 0.1) is 29.6 Å². The van der Waals surface area contributed by atoms with Gasteiger partial charge in [-0.2, -0.15) is 0 Å². The number of fused-ring (bicyclic) bond motifs is 2. The molecule has 80 heavy (non-hydrogen) atoms. The monoisotopic (exact) mass is 1160 g/mol. The van der Waals surface area contributed by atoms with Crippen LogP contribution in [0.25, 0.3) is 0 Å². The SMILES string of the molecule is COCO[C@H]1[C@H](C[C@@H](C)[C@@H]2CC[C@H](C)/C=C/CC/C=C/[C@@H](O[Si](C)(C)C(C)(C)C)[C@H](C)[C@@H](O[Si](C)(C)C(C)(C)C)CC[C@@H](C)C(=O)C(Oc3ccccc3O)C(=O)N3CCCC[C@H]3C(=O)O2)CC[C@H]2O[C@](C)(OC)[C@@](C)(OC)O[C@H]12. The van der Waals surface area contributed by atoms with Crippen LogP contribution < -0.4 is 4.74 Å². The second kappa shape index (κ2) is 28.7. The predicted molar refractivity (Wildman–Crippen MR) is 318 cm³/mol. The molecule has 1 N–H and O–H groups in total. The maximum atomic E-state index is 15.3. The lowest BCUT2D eigenvalue weighted by Crippen LogP contribution is -2.69. The molecular formula is C63H107NO14Si2. The molecule has 17 heteroatoms. The van der Waals surface area contributed by atoms with Crippen molar-refractivity contribution in [2.45, 2.75) is 257 Å². The first-order valence-electron chi connectivity index (χ1n) is 30.1. The molecule has 1 saturated carbocycles. The van der Waals surface area contributed by atoms with E-state index in [-0.39, 0.29) is 76.9 Å². The van der Waals surface area contributed by atoms with Gasteiger partial charge in [0.25, 0.3) is 5.91 Å². The van der Waals surface area contributed by atoms with Gasteiger partial charge in [-0.1, -0.05) is 106 Å². The van der Waals surface area contributed by atoms with Crippen molar-refractivity contribution >= 4 is 34.3 Å². The molecule has 456 valence electrons. The Labute approximate surface area is 484 Å². The number of phenolic OH excluding ortho intramolecular Hbond substituents is 1. The Hall–Kier alpha value is -2.98. The maximum Gasteiger partial charge on any atom is 0.329 e. The number of hydrogen-bond acceptors (Lipinski definition) is 14. The van der Waals surface area contributed by atoms with Gasteiger partial charge in [0, 0.05) is 39.7 Å². The van der Waals surface area contributed by atoms with Crippen LogP contribution in [0.15, 0.2) is 48.6 Å². The maximum absolute atomic E-state index is 15.3. The Morgan fingerprint density at radius 2 is 1.40 bits per heavy atom. The number of ether oxygens (including phenoxy) is 8. The summed E-state index contributed by atoms with van der Waals surface area (Å²) in [5, 5.41) is 10.9. The number of nitrogens with zero attached hydrogens (tertiary/aromatic N) is 1. The van der Waals surface area contributed by atoms with Crippen molar-refractivity contribution in [3.8, 4) is 11.5 Å². The summed E-state index contributed by atoms with van der Waals surface area (Å²) in [7, 11) is 0.0894. The van der Waals surface area contributed by atoms with E-state index >= 15 is 14.4 Å². The van der Waals surface area contributed by atoms with E-state index in [1.165, 1.54) is 11.0 Å². The smallest absolute Gasteiger partial charge is 0.329 e. The Morgan fingerprint density at radius 1 is 0.775 bits per heavy atom. The van der Waals surface area contributed by atoms with Crippen LogP contribution in [-0.2, 0) is 56.4 Å². The molecule has 4 aliphatic rings. The van der Waals surface area contributed by atoms with E-state index in [1.807, 2.05) is 20.8 Å². The zero-order valence-electron chi connectivity index (χ0n) is 52.7. The molecule has 3 heterocycles. The Balaban J connectivity index is 1.54. The van der Waals surface area contributed by atoms with E-state index in [9.17, 15) is 5.11 Å². The number of piperidine rings is 1. The van der Waals surface area contributed by atoms with Crippen molar-refractivity contribution in [1.82, 2.24) is 4.90 Å². The highest BCUT2D eigenvalue weighted by atomic mass is 28.4. The Morgan fingerprint density at radius 3 is 2.02 bits per heavy atom. The average Bonchev–Trinajstić information content (AvgIpc) is 3.39. The number of ketones is 1. The fourth-order valence-corrected chi connectivity index (χ4v) is 14.0. The molecule has 0 radical (unpaired) electrons. The normalized spacial score (nSPS) is 34.8. The minimum Gasteiger partial charge on any atom is -0.504 e. The lowest BCUT2D eigenvalue weighted by molar-refractivity contribution is -0.461. The number of carbonyl (C=O) groups excluding carboxylic acids is 3. The van der Waals surface area contributed by atoms with Crippen molar-refractivity contribution in [2.75, 3.05) is 34.7 Å². The standard InChI is InChI=1S/C63H107NO14Si2/c1-42-28-22-20-21-23-31-50(77-79(16,17)60(5,6)7)45(4)51(78-80(18,19)61(8,9)10)37-34-43(2)54(66)57(73-52-32-25-24-30-48(52)65)58(67)64-39-27-26-29-47(64)59(68)74-49(36-33-42)44(3)40-46-35-38-53-56(55(46)72-41-69-13)76-63(12,71-15)62(11,70-14)75-53/h22-25,28,30-32,42-47,49-51,53,55-57,65H,20-21,26-27,29,33-41H2,1-19H3/b28-22+,31-23+/t42-,43-,44-,45+,46+,47+,49+,50-,51+,53-,55+,56+,57?,62+,63+/m1/s1. The minimum atomic E-state index is -2.37. The highest BCUT2D eigenvalue weighted by molar-refractivity contribution is 6.74. The Kier molecular flexibility index (Phi) is 24.4. The number of allylic oxidation sites excluding steroid dienone is 3. The molecule has 1 aromatic carbocycles. The summed E-state index contributed by atoms with van der Waals surface area (Å²) in [4.78, 5) is 47.0. The number of methoxy groups -OCH3 is 3. The third-order valence-corrected chi connectivity index (χ3v) is 28.1. The number of aromatic hydroxyl groups is 1. The van der Waals surface area contributed by atoms with Crippen molar-refractivity contribution < 1.29 is 66.2 Å². The van der Waals surface area contributed by atoms with Gasteiger partial charge in [0.15, 0.2) is 33.9 Å². The van der Waals surface area contributed by atoms with Gasteiger partial charge in [0.05, 0.1) is 24.4 Å². The molecule has 15 nitrogen and oxygen atoms in total. The van der Waals surface area contributed by atoms with Crippen LogP contribution in [0.2, 0.25) is 36.3 Å². The second-order valence-electron chi connectivity index (χ2n) is 27.1. The minimum absolute atomic E-state index is 0.00804. The highest BCUT2D eigenvalue weighted by Gasteiger charge is 2.60. The number of cyclic esters (lactones) is 1. The van der Waals surface area contributed by atoms with Crippen LogP contribution in [-0.4, -0.2) is 139 Å². The first kappa shape index (κ1) is 67.8. The summed E-state index contributed by atoms with van der Waals surface area (Å²) in [5.41, 5.74) is 0. The third-order valence-electron chi connectivity index (χ3n) is 19.1. The summed E-state index contributed by atoms with van der Waals surface area (Å²) >= 11 is 0. The average molecular weight is 1160 g/mol. The van der Waals surface area contributed by atoms with E-state index in [4.69, 9.17) is 46.7 Å². The zero-order valence-corrected chi connectivity index (χ0v) is 54.7. The van der Waals surface area contributed by atoms with Gasteiger partial charge in [-0.3, -0.25) is 9.59 Å². The lowest BCUT2D eigenvalue weighted by atomic mass is 9.75. The molecule has 3 aliphatic heterocycles. The van der Waals surface area contributed by atoms with E-state index in [2.05, 4.69) is 113 Å². The third kappa shape index (κ3) is 16.9. The van der Waals surface area contributed by atoms with E-state index < -0.39 is 82.2 Å². The largest absolute Gasteiger partial charge is 0.504 e. The van der Waals surface area contributed by atoms with E-state index in [1.54, 1.807) is 39.5 Å². The number of hydrogen-bond donors (Lipinski definition) is 1. The van der Waals surface area contributed by atoms with Gasteiger partial charge < -0.3 is 56.8 Å². The van der Waals surface area contributed by atoms with Gasteiger partial charge in [-0.05, 0) is 157 Å². The van der Waals surface area contributed by atoms with Crippen LogP contribution >= 0.6 is 0 Å². The van der Waals surface area contributed by atoms with Crippen molar-refractivity contribution in [3.63, 3.8) is 0 Å². The van der Waals surface area contributed by atoms with Gasteiger partial charge in [0.2, 0.25) is 17.7 Å². The number of rotatable bonds is 14. The molecular weight excluding hydrogens is 1050 g/mol. The molecule has 0 spiro atoms. The lowest BCUT2D eigenvalue weighted by Gasteiger charge is -2.56. The number of amides is 1. The van der Waals surface area contributed by atoms with Gasteiger partial charge in [-0.25, -0.2) is 4.79 Å². The summed E-state index contributed by atoms with van der Waals surface area (Å²) in [6.07, 6.45) is 12.8. The first-order valence-corrected chi connectivity index (χ1v) is 35.9. The van der Waals surface area contributed by atoms with Gasteiger partial charge in [0.1, 0.15) is 25.0 Å². The molecule has 1 aromatic rings. The quantitative estimate of drug-likeness (QED) is 0.0614. The summed E-state index contributed by atoms with van der Waals surface area (Å²) < 4.78 is 64.9. The van der Waals surface area contributed by atoms with Crippen LogP contribution in [0.1, 0.15) is 160 Å². The number of benzene rings is 1. The molecule has 1 unspecified atom stereocenters. The molecule has 3 fully saturated rings. The number of esters is 1. The van der Waals surface area contributed by atoms with E-state index in [0.717, 1.165) is 25.7 Å². The molecule has 0 bridgehead atoms. The number of phenols is 1. The number of para-hydroxylation sites is 2. The molecule has 0 aromatic heterocycles. The van der Waals surface area contributed by atoms with Crippen LogP contribution in [0.5, 0.6) is 11.5 Å². The van der Waals surface area contributed by atoms with Gasteiger partial charge in [-0.15, -0.1) is 0 Å². The molecule has 5 rings (SSSR count). The first-order chi connectivity index (χ1) is 37.3. The van der Waals surface area contributed by atoms with Crippen molar-refractivity contribution in [1.29, 1.82) is 0 Å². The second-order valence-corrected chi connectivity index (χ2v) is 36.6. The van der Waals surface area contributed by atoms with Gasteiger partial charge >= 0.3 is 5.97 Å². The highest BCUT2D eigenvalue weighted by Crippen LogP contribution is 2.47. The molecule has 1 amide bonds. The van der Waals surface area contributed by atoms with Crippen molar-refractivity contribution in [2.24, 2.45) is 29.6 Å². The molecule has 2 saturated heterocycles. The fraction of sp³-hybridized carbons (Fsp3) is 0.794. The fourth-order valence-electron chi connectivity index (χ4n) is 11.3. The summed E-state index contributed by atoms with van der Waals surface area (Å²) in [5.74, 6) is -4.89. The molecule has 15 atom stereocenters. The zero-order chi connectivity index (χ0) is 59.6. The van der Waals surface area contributed by atoms with Crippen LogP contribution in [0.3, 0.4) is 0 Å². The van der Waals surface area contributed by atoms with Crippen LogP contribution in [0.4, 0.5) is 0 Å². The predicted octanol–water partition coefficient (Wildman–Crippen LogP) is 13.1. The summed E-state index contributed by atoms with van der Waals surface area (Å²) in [6, 6.07) is 5.40. The van der Waals surface area contributed by atoms with E-state index in [0.29, 0.717) is 51.4 Å². The Bertz CT molecular complexity index is 2210.